The number of carboxylic acid groups (broad SMARTS) is 1. The first-order chi connectivity index (χ1) is 11.6. The number of rotatable bonds is 8. The number of carboxylic acids is 1. The summed E-state index contributed by atoms with van der Waals surface area (Å²) < 4.78 is 6.38. The molecule has 24 heavy (non-hydrogen) atoms. The molecule has 1 aromatic carbocycles. The number of aromatic carboxylic acids is 1. The highest BCUT2D eigenvalue weighted by molar-refractivity contribution is 5.94. The minimum absolute atomic E-state index is 0.0433. The number of carbonyl (C=O) groups is 2. The van der Waals surface area contributed by atoms with Crippen molar-refractivity contribution in [3.05, 3.63) is 41.2 Å². The minimum Gasteiger partial charge on any atom is -0.476 e. The van der Waals surface area contributed by atoms with E-state index in [2.05, 4.69) is 15.6 Å². The summed E-state index contributed by atoms with van der Waals surface area (Å²) in [7, 11) is 1.57. The molecule has 0 aliphatic rings. The van der Waals surface area contributed by atoms with Gasteiger partial charge in [-0.1, -0.05) is 18.6 Å². The Labute approximate surface area is 139 Å². The van der Waals surface area contributed by atoms with E-state index in [1.807, 2.05) is 6.92 Å². The first-order valence-corrected chi connectivity index (χ1v) is 7.64. The molecule has 8 heteroatoms. The maximum Gasteiger partial charge on any atom is 0.358 e. The lowest BCUT2D eigenvalue weighted by Gasteiger charge is -2.08. The van der Waals surface area contributed by atoms with E-state index in [0.717, 1.165) is 6.42 Å². The van der Waals surface area contributed by atoms with Crippen LogP contribution in [0.1, 0.15) is 39.9 Å². The largest absolute Gasteiger partial charge is 0.476 e. The molecule has 0 saturated carbocycles. The number of hydrogen-bond donors (Lipinski definition) is 2. The third kappa shape index (κ3) is 3.96. The summed E-state index contributed by atoms with van der Waals surface area (Å²) >= 11 is 0. The summed E-state index contributed by atoms with van der Waals surface area (Å²) in [5, 5.41) is 19.6. The van der Waals surface area contributed by atoms with Crippen molar-refractivity contribution in [1.29, 1.82) is 0 Å². The van der Waals surface area contributed by atoms with Crippen LogP contribution in [0.5, 0.6) is 0 Å². The van der Waals surface area contributed by atoms with Crippen molar-refractivity contribution < 1.29 is 19.4 Å². The van der Waals surface area contributed by atoms with Crippen molar-refractivity contribution >= 4 is 11.9 Å². The summed E-state index contributed by atoms with van der Waals surface area (Å²) in [4.78, 5) is 23.2. The van der Waals surface area contributed by atoms with Crippen LogP contribution in [0.3, 0.4) is 0 Å². The van der Waals surface area contributed by atoms with E-state index in [4.69, 9.17) is 4.74 Å². The molecule has 0 spiro atoms. The molecule has 0 aliphatic carbocycles. The normalized spacial score (nSPS) is 10.6. The lowest BCUT2D eigenvalue weighted by Crippen LogP contribution is -2.26. The maximum absolute atomic E-state index is 12.0. The average Bonchev–Trinajstić information content (AvgIpc) is 2.99. The molecule has 0 unspecified atom stereocenters. The van der Waals surface area contributed by atoms with E-state index in [0.29, 0.717) is 36.5 Å². The zero-order valence-corrected chi connectivity index (χ0v) is 13.7. The summed E-state index contributed by atoms with van der Waals surface area (Å²) in [6.07, 6.45) is 1.32. The highest BCUT2D eigenvalue weighted by atomic mass is 16.5. The highest BCUT2D eigenvalue weighted by Gasteiger charge is 2.19. The number of aromatic nitrogens is 3. The number of nitrogens with one attached hydrogen (secondary N) is 1. The zero-order chi connectivity index (χ0) is 17.5. The third-order valence-corrected chi connectivity index (χ3v) is 3.42. The molecule has 0 fully saturated rings. The van der Waals surface area contributed by atoms with Gasteiger partial charge < -0.3 is 15.2 Å². The van der Waals surface area contributed by atoms with Gasteiger partial charge in [-0.25, -0.2) is 9.48 Å². The lowest BCUT2D eigenvalue weighted by atomic mass is 10.1. The van der Waals surface area contributed by atoms with E-state index >= 15 is 0 Å². The number of amides is 1. The van der Waals surface area contributed by atoms with Gasteiger partial charge in [0.25, 0.3) is 5.91 Å². The molecule has 1 heterocycles. The van der Waals surface area contributed by atoms with Crippen LogP contribution in [0.15, 0.2) is 24.3 Å². The van der Waals surface area contributed by atoms with Crippen LogP contribution < -0.4 is 5.32 Å². The van der Waals surface area contributed by atoms with Gasteiger partial charge in [-0.3, -0.25) is 4.79 Å². The van der Waals surface area contributed by atoms with Gasteiger partial charge in [0.05, 0.1) is 18.0 Å². The molecule has 1 aromatic heterocycles. The molecule has 0 radical (unpaired) electrons. The topological polar surface area (TPSA) is 106 Å². The summed E-state index contributed by atoms with van der Waals surface area (Å²) in [5.74, 6) is -1.30. The van der Waals surface area contributed by atoms with Gasteiger partial charge in [0, 0.05) is 19.2 Å². The smallest absolute Gasteiger partial charge is 0.358 e. The van der Waals surface area contributed by atoms with Crippen LogP contribution in [0, 0.1) is 0 Å². The number of methoxy groups -OCH3 is 1. The molecule has 8 nitrogen and oxygen atoms in total. The monoisotopic (exact) mass is 332 g/mol. The predicted molar refractivity (Wildman–Crippen MR) is 86.5 cm³/mol. The number of hydrogen-bond acceptors (Lipinski definition) is 5. The molecule has 0 bridgehead atoms. The molecule has 0 saturated heterocycles. The van der Waals surface area contributed by atoms with Gasteiger partial charge in [-0.15, -0.1) is 5.10 Å². The van der Waals surface area contributed by atoms with Crippen LogP contribution in [0.2, 0.25) is 0 Å². The SMILES string of the molecule is CCCc1c(C(=O)O)nnn1-c1ccc(C(=O)NCCOC)cc1. The Kier molecular flexibility index (Phi) is 6.02. The molecule has 1 amide bonds. The quantitative estimate of drug-likeness (QED) is 0.706. The molecule has 0 atom stereocenters. The van der Waals surface area contributed by atoms with Crippen molar-refractivity contribution in [2.24, 2.45) is 0 Å². The second kappa shape index (κ2) is 8.21. The second-order valence-electron chi connectivity index (χ2n) is 5.15. The van der Waals surface area contributed by atoms with Gasteiger partial charge in [-0.05, 0) is 30.7 Å². The van der Waals surface area contributed by atoms with Crippen LogP contribution >= 0.6 is 0 Å². The predicted octanol–water partition coefficient (Wildman–Crippen LogP) is 1.29. The van der Waals surface area contributed by atoms with Gasteiger partial charge in [0.1, 0.15) is 0 Å². The van der Waals surface area contributed by atoms with E-state index in [1.54, 1.807) is 31.4 Å². The summed E-state index contributed by atoms with van der Waals surface area (Å²) in [5.41, 5.74) is 1.66. The van der Waals surface area contributed by atoms with Gasteiger partial charge >= 0.3 is 5.97 Å². The van der Waals surface area contributed by atoms with E-state index < -0.39 is 5.97 Å². The van der Waals surface area contributed by atoms with Crippen molar-refractivity contribution in [2.75, 3.05) is 20.3 Å². The molecular formula is C16H20N4O4. The average molecular weight is 332 g/mol. The summed E-state index contributed by atoms with van der Waals surface area (Å²) in [6, 6.07) is 6.75. The number of nitrogens with zero attached hydrogens (tertiary/aromatic N) is 3. The first-order valence-electron chi connectivity index (χ1n) is 7.64. The Morgan fingerprint density at radius 1 is 1.29 bits per heavy atom. The standard InChI is InChI=1S/C16H20N4O4/c1-3-4-13-14(16(22)23)18-19-20(13)12-7-5-11(6-8-12)15(21)17-9-10-24-2/h5-8H,3-4,9-10H2,1-2H3,(H,17,21)(H,22,23). The van der Waals surface area contributed by atoms with Gasteiger partial charge in [0.2, 0.25) is 0 Å². The third-order valence-electron chi connectivity index (χ3n) is 3.42. The van der Waals surface area contributed by atoms with E-state index in [9.17, 15) is 14.7 Å². The fraction of sp³-hybridized carbons (Fsp3) is 0.375. The molecule has 2 aromatic rings. The fourth-order valence-electron chi connectivity index (χ4n) is 2.26. The van der Waals surface area contributed by atoms with E-state index in [1.165, 1.54) is 4.68 Å². The van der Waals surface area contributed by atoms with Crippen LogP contribution in [0.25, 0.3) is 5.69 Å². The van der Waals surface area contributed by atoms with Crippen molar-refractivity contribution in [2.45, 2.75) is 19.8 Å². The highest BCUT2D eigenvalue weighted by Crippen LogP contribution is 2.16. The molecule has 2 rings (SSSR count). The fourth-order valence-corrected chi connectivity index (χ4v) is 2.26. The van der Waals surface area contributed by atoms with E-state index in [-0.39, 0.29) is 11.6 Å². The molecule has 0 aliphatic heterocycles. The number of benzene rings is 1. The Balaban J connectivity index is 2.22. The Morgan fingerprint density at radius 3 is 2.58 bits per heavy atom. The number of carbonyl (C=O) groups excluding carboxylic acids is 1. The van der Waals surface area contributed by atoms with Crippen LogP contribution in [0.4, 0.5) is 0 Å². The maximum atomic E-state index is 12.0. The molecular weight excluding hydrogens is 312 g/mol. The minimum atomic E-state index is -1.10. The lowest BCUT2D eigenvalue weighted by molar-refractivity contribution is 0.0689. The zero-order valence-electron chi connectivity index (χ0n) is 13.7. The number of ether oxygens (including phenoxy) is 1. The van der Waals surface area contributed by atoms with Crippen LogP contribution in [-0.4, -0.2) is 52.2 Å². The van der Waals surface area contributed by atoms with Crippen molar-refractivity contribution in [1.82, 2.24) is 20.3 Å². The first kappa shape index (κ1) is 17.6. The second-order valence-corrected chi connectivity index (χ2v) is 5.15. The summed E-state index contributed by atoms with van der Waals surface area (Å²) in [6.45, 7) is 2.83. The molecule has 128 valence electrons. The van der Waals surface area contributed by atoms with Gasteiger partial charge in [-0.2, -0.15) is 0 Å². The molecule has 2 N–H and O–H groups in total. The Hall–Kier alpha value is -2.74. The van der Waals surface area contributed by atoms with Crippen molar-refractivity contribution in [3.8, 4) is 5.69 Å². The van der Waals surface area contributed by atoms with Gasteiger partial charge in [0.15, 0.2) is 5.69 Å². The Morgan fingerprint density at radius 2 is 2.00 bits per heavy atom. The van der Waals surface area contributed by atoms with Crippen LogP contribution in [-0.2, 0) is 11.2 Å². The Bertz CT molecular complexity index is 709. The van der Waals surface area contributed by atoms with Crippen molar-refractivity contribution in [3.63, 3.8) is 0 Å².